The van der Waals surface area contributed by atoms with Gasteiger partial charge in [0.05, 0.1) is 0 Å². The Hall–Kier alpha value is -3.66. The molecular formula is C33H39N3O. The Morgan fingerprint density at radius 2 is 1.65 bits per heavy atom. The normalized spacial score (nSPS) is 15.1. The van der Waals surface area contributed by atoms with Crippen molar-refractivity contribution in [3.05, 3.63) is 112 Å². The van der Waals surface area contributed by atoms with Crippen molar-refractivity contribution in [2.24, 2.45) is 0 Å². The van der Waals surface area contributed by atoms with E-state index in [2.05, 4.69) is 110 Å². The van der Waals surface area contributed by atoms with Crippen LogP contribution in [0.15, 0.2) is 84.0 Å². The van der Waals surface area contributed by atoms with Crippen LogP contribution in [0, 0.1) is 20.8 Å². The summed E-state index contributed by atoms with van der Waals surface area (Å²) in [4.78, 5) is 2.36. The number of fused-ring (bicyclic) bond motifs is 1. The number of anilines is 3. The molecule has 5 rings (SSSR count). The summed E-state index contributed by atoms with van der Waals surface area (Å²) in [6.45, 7) is 10.2. The van der Waals surface area contributed by atoms with Crippen LogP contribution in [-0.4, -0.2) is 13.2 Å². The van der Waals surface area contributed by atoms with Crippen molar-refractivity contribution in [3.63, 3.8) is 0 Å². The monoisotopic (exact) mass is 493 g/mol. The molecule has 37 heavy (non-hydrogen) atoms. The van der Waals surface area contributed by atoms with E-state index in [1.807, 2.05) is 0 Å². The van der Waals surface area contributed by atoms with Gasteiger partial charge in [-0.25, -0.2) is 0 Å². The summed E-state index contributed by atoms with van der Waals surface area (Å²) in [6.07, 6.45) is 7.43. The number of ether oxygens (including phenoxy) is 1. The lowest BCUT2D eigenvalue weighted by atomic mass is 9.95. The molecule has 0 unspecified atom stereocenters. The average Bonchev–Trinajstić information content (AvgIpc) is 2.90. The molecule has 4 nitrogen and oxygen atoms in total. The van der Waals surface area contributed by atoms with Gasteiger partial charge in [0.15, 0.2) is 0 Å². The first-order valence-electron chi connectivity index (χ1n) is 13.6. The molecule has 0 saturated heterocycles. The van der Waals surface area contributed by atoms with Crippen LogP contribution >= 0.6 is 0 Å². The molecule has 3 aromatic rings. The maximum Gasteiger partial charge on any atom is 0.149 e. The Bertz CT molecular complexity index is 1300. The zero-order valence-corrected chi connectivity index (χ0v) is 22.7. The quantitative estimate of drug-likeness (QED) is 0.333. The highest BCUT2D eigenvalue weighted by Gasteiger charge is 2.24. The Labute approximate surface area is 222 Å². The fourth-order valence-corrected chi connectivity index (χ4v) is 5.25. The minimum absolute atomic E-state index is 0.537. The molecule has 0 radical (unpaired) electrons. The SMILES string of the molecule is CCCc1cc(C)cc2c1NC(COC1=C(Nc3ccc(C)cc3)N(c3ccc(C)cc3)CCC1)=CC2. The molecule has 0 aliphatic carbocycles. The van der Waals surface area contributed by atoms with Gasteiger partial charge in [0.1, 0.15) is 18.2 Å². The van der Waals surface area contributed by atoms with Gasteiger partial charge in [0.2, 0.25) is 0 Å². The van der Waals surface area contributed by atoms with E-state index in [9.17, 15) is 0 Å². The zero-order chi connectivity index (χ0) is 25.8. The molecule has 2 heterocycles. The standard InChI is InChI=1S/C33H39N3O/c1-5-7-26-20-25(4)21-27-13-16-29(34-32(26)27)22-37-31-8-6-19-36(30-17-11-24(3)12-18-30)33(31)35-28-14-9-23(2)10-15-28/h9-12,14-18,20-21,34-35H,5-8,13,19,22H2,1-4H3. The summed E-state index contributed by atoms with van der Waals surface area (Å²) in [6, 6.07) is 22.0. The number of rotatable bonds is 8. The third-order valence-electron chi connectivity index (χ3n) is 7.20. The van der Waals surface area contributed by atoms with Crippen molar-refractivity contribution >= 4 is 17.1 Å². The first-order chi connectivity index (χ1) is 18.0. The van der Waals surface area contributed by atoms with Crippen molar-refractivity contribution in [1.29, 1.82) is 0 Å². The second-order valence-electron chi connectivity index (χ2n) is 10.4. The first-order valence-corrected chi connectivity index (χ1v) is 13.6. The van der Waals surface area contributed by atoms with Crippen LogP contribution in [0.1, 0.15) is 54.0 Å². The van der Waals surface area contributed by atoms with Gasteiger partial charge < -0.3 is 20.3 Å². The molecule has 192 valence electrons. The fourth-order valence-electron chi connectivity index (χ4n) is 5.25. The predicted octanol–water partition coefficient (Wildman–Crippen LogP) is 8.01. The van der Waals surface area contributed by atoms with Crippen LogP contribution in [0.5, 0.6) is 0 Å². The van der Waals surface area contributed by atoms with Crippen molar-refractivity contribution in [1.82, 2.24) is 0 Å². The Balaban J connectivity index is 1.40. The van der Waals surface area contributed by atoms with Gasteiger partial charge in [-0.3, -0.25) is 0 Å². The van der Waals surface area contributed by atoms with Gasteiger partial charge in [0, 0.05) is 35.7 Å². The first kappa shape index (κ1) is 25.0. The van der Waals surface area contributed by atoms with Gasteiger partial charge in [0.25, 0.3) is 0 Å². The third-order valence-corrected chi connectivity index (χ3v) is 7.20. The predicted molar refractivity (Wildman–Crippen MR) is 156 cm³/mol. The zero-order valence-electron chi connectivity index (χ0n) is 22.7. The molecule has 0 atom stereocenters. The highest BCUT2D eigenvalue weighted by atomic mass is 16.5. The topological polar surface area (TPSA) is 36.5 Å². The summed E-state index contributed by atoms with van der Waals surface area (Å²) in [5, 5.41) is 7.41. The van der Waals surface area contributed by atoms with E-state index in [1.165, 1.54) is 39.2 Å². The number of nitrogens with one attached hydrogen (secondary N) is 2. The largest absolute Gasteiger partial charge is 0.488 e. The van der Waals surface area contributed by atoms with E-state index in [-0.39, 0.29) is 0 Å². The smallest absolute Gasteiger partial charge is 0.149 e. The second-order valence-corrected chi connectivity index (χ2v) is 10.4. The van der Waals surface area contributed by atoms with Crippen molar-refractivity contribution in [2.45, 2.75) is 59.8 Å². The van der Waals surface area contributed by atoms with Crippen LogP contribution in [0.4, 0.5) is 17.1 Å². The average molecular weight is 494 g/mol. The molecule has 2 N–H and O–H groups in total. The fraction of sp³-hybridized carbons (Fsp3) is 0.333. The van der Waals surface area contributed by atoms with E-state index >= 15 is 0 Å². The molecule has 4 heteroatoms. The van der Waals surface area contributed by atoms with Gasteiger partial charge in [-0.1, -0.05) is 72.5 Å². The molecule has 2 aliphatic rings. The molecule has 2 aliphatic heterocycles. The highest BCUT2D eigenvalue weighted by Crippen LogP contribution is 2.33. The maximum atomic E-state index is 6.59. The molecule has 3 aromatic carbocycles. The Kier molecular flexibility index (Phi) is 7.55. The lowest BCUT2D eigenvalue weighted by molar-refractivity contribution is 0.218. The van der Waals surface area contributed by atoms with E-state index in [0.717, 1.165) is 61.6 Å². The summed E-state index contributed by atoms with van der Waals surface area (Å²) in [7, 11) is 0. The molecule has 0 amide bonds. The Morgan fingerprint density at radius 3 is 2.38 bits per heavy atom. The number of aryl methyl sites for hydroxylation is 4. The number of hydrogen-bond donors (Lipinski definition) is 2. The van der Waals surface area contributed by atoms with Gasteiger partial charge in [-0.2, -0.15) is 0 Å². The minimum atomic E-state index is 0.537. The van der Waals surface area contributed by atoms with Crippen LogP contribution in [-0.2, 0) is 17.6 Å². The molecule has 0 fully saturated rings. The number of benzene rings is 3. The van der Waals surface area contributed by atoms with Crippen LogP contribution in [0.2, 0.25) is 0 Å². The Morgan fingerprint density at radius 1 is 0.919 bits per heavy atom. The lowest BCUT2D eigenvalue weighted by Crippen LogP contribution is -2.33. The second kappa shape index (κ2) is 11.2. The van der Waals surface area contributed by atoms with Gasteiger partial charge >= 0.3 is 0 Å². The number of hydrogen-bond acceptors (Lipinski definition) is 4. The van der Waals surface area contributed by atoms with E-state index in [1.54, 1.807) is 0 Å². The van der Waals surface area contributed by atoms with Crippen LogP contribution in [0.3, 0.4) is 0 Å². The molecule has 0 spiro atoms. The van der Waals surface area contributed by atoms with Crippen LogP contribution in [0.25, 0.3) is 0 Å². The van der Waals surface area contributed by atoms with Crippen LogP contribution < -0.4 is 15.5 Å². The molecule has 0 bridgehead atoms. The maximum absolute atomic E-state index is 6.59. The molecular weight excluding hydrogens is 454 g/mol. The summed E-state index contributed by atoms with van der Waals surface area (Å²) >= 11 is 0. The third kappa shape index (κ3) is 5.85. The van der Waals surface area contributed by atoms with Crippen molar-refractivity contribution < 1.29 is 4.74 Å². The molecule has 0 saturated carbocycles. The van der Waals surface area contributed by atoms with Crippen molar-refractivity contribution in [3.8, 4) is 0 Å². The van der Waals surface area contributed by atoms with E-state index in [0.29, 0.717) is 6.61 Å². The molecule has 0 aromatic heterocycles. The van der Waals surface area contributed by atoms with Gasteiger partial charge in [-0.15, -0.1) is 0 Å². The summed E-state index contributed by atoms with van der Waals surface area (Å²) in [5.41, 5.74) is 11.3. The van der Waals surface area contributed by atoms with E-state index < -0.39 is 0 Å². The number of nitrogens with zero attached hydrogens (tertiary/aromatic N) is 1. The van der Waals surface area contributed by atoms with Crippen molar-refractivity contribution in [2.75, 3.05) is 28.7 Å². The highest BCUT2D eigenvalue weighted by molar-refractivity contribution is 5.65. The number of allylic oxidation sites excluding steroid dienone is 2. The lowest BCUT2D eigenvalue weighted by Gasteiger charge is -2.34. The van der Waals surface area contributed by atoms with E-state index in [4.69, 9.17) is 4.74 Å². The minimum Gasteiger partial charge on any atom is -0.488 e. The summed E-state index contributed by atoms with van der Waals surface area (Å²) in [5.74, 6) is 2.05. The summed E-state index contributed by atoms with van der Waals surface area (Å²) < 4.78 is 6.59. The van der Waals surface area contributed by atoms with Gasteiger partial charge in [-0.05, 0) is 75.4 Å².